The maximum Gasteiger partial charge on any atom is 0.397 e. The molecule has 0 aliphatic carbocycles. The van der Waals surface area contributed by atoms with E-state index in [0.717, 1.165) is 44.9 Å². The van der Waals surface area contributed by atoms with Gasteiger partial charge in [-0.05, 0) is 19.3 Å². The van der Waals surface area contributed by atoms with E-state index in [-0.39, 0.29) is 6.42 Å². The molecular weight excluding hydrogens is 622 g/mol. The molecule has 14 heteroatoms. The Morgan fingerprint density at radius 1 is 0.870 bits per heavy atom. The summed E-state index contributed by atoms with van der Waals surface area (Å²) >= 11 is 0. The summed E-state index contributed by atoms with van der Waals surface area (Å²) in [6.45, 7) is 3.05. The Labute approximate surface area is 275 Å². The second kappa shape index (κ2) is 24.9. The predicted molar refractivity (Wildman–Crippen MR) is 173 cm³/mol. The molecule has 8 atom stereocenters. The van der Waals surface area contributed by atoms with Crippen LogP contribution in [-0.2, 0) is 28.9 Å². The summed E-state index contributed by atoms with van der Waals surface area (Å²) in [6.07, 6.45) is 9.47. The summed E-state index contributed by atoms with van der Waals surface area (Å²) in [5.74, 6) is -0.711. The van der Waals surface area contributed by atoms with Crippen molar-refractivity contribution < 1.29 is 57.0 Å². The molecular formula is C32H61NO12S. The highest BCUT2D eigenvalue weighted by atomic mass is 32.3. The van der Waals surface area contributed by atoms with Gasteiger partial charge in [-0.3, -0.25) is 9.35 Å². The number of carbonyl (C=O) groups is 1. The molecule has 0 bridgehead atoms. The lowest BCUT2D eigenvalue weighted by Crippen LogP contribution is -2.61. The number of hydrogen-bond acceptors (Lipinski definition) is 11. The minimum absolute atomic E-state index is 0.245. The van der Waals surface area contributed by atoms with Crippen molar-refractivity contribution in [3.8, 4) is 0 Å². The van der Waals surface area contributed by atoms with E-state index in [0.29, 0.717) is 12.8 Å². The number of allylic oxidation sites excluding steroid dienone is 1. The molecule has 0 saturated carbocycles. The lowest BCUT2D eigenvalue weighted by atomic mass is 9.99. The van der Waals surface area contributed by atoms with Gasteiger partial charge in [-0.1, -0.05) is 116 Å². The second-order valence-corrected chi connectivity index (χ2v) is 13.3. The van der Waals surface area contributed by atoms with Gasteiger partial charge < -0.3 is 40.3 Å². The number of amides is 1. The van der Waals surface area contributed by atoms with E-state index < -0.39 is 78.5 Å². The van der Waals surface area contributed by atoms with Crippen LogP contribution in [-0.4, -0.2) is 107 Å². The molecule has 46 heavy (non-hydrogen) atoms. The van der Waals surface area contributed by atoms with Gasteiger partial charge in [0.05, 0.1) is 25.4 Å². The van der Waals surface area contributed by atoms with Gasteiger partial charge >= 0.3 is 10.4 Å². The van der Waals surface area contributed by atoms with Gasteiger partial charge in [0.2, 0.25) is 5.91 Å². The smallest absolute Gasteiger partial charge is 0.394 e. The molecule has 1 aliphatic rings. The molecule has 0 aromatic heterocycles. The van der Waals surface area contributed by atoms with Crippen molar-refractivity contribution in [2.24, 2.45) is 0 Å². The maximum atomic E-state index is 12.9. The van der Waals surface area contributed by atoms with Gasteiger partial charge in [0, 0.05) is 0 Å². The summed E-state index contributed by atoms with van der Waals surface area (Å²) in [5.41, 5.74) is 0. The third-order valence-corrected chi connectivity index (χ3v) is 8.64. The maximum absolute atomic E-state index is 12.9. The summed E-state index contributed by atoms with van der Waals surface area (Å²) in [7, 11) is -5.10. The Morgan fingerprint density at radius 3 is 1.96 bits per heavy atom. The number of unbranched alkanes of at least 4 members (excludes halogenated alkanes) is 14. The molecule has 1 saturated heterocycles. The monoisotopic (exact) mass is 683 g/mol. The van der Waals surface area contributed by atoms with Crippen molar-refractivity contribution in [1.29, 1.82) is 0 Å². The van der Waals surface area contributed by atoms with Crippen LogP contribution in [0.1, 0.15) is 123 Å². The number of aliphatic hydroxyl groups is 5. The zero-order valence-electron chi connectivity index (χ0n) is 27.7. The first-order valence-corrected chi connectivity index (χ1v) is 18.5. The Morgan fingerprint density at radius 2 is 1.41 bits per heavy atom. The minimum atomic E-state index is -5.10. The van der Waals surface area contributed by atoms with Crippen LogP contribution < -0.4 is 5.32 Å². The molecule has 1 amide bonds. The molecule has 272 valence electrons. The summed E-state index contributed by atoms with van der Waals surface area (Å²) in [4.78, 5) is 12.9. The molecule has 0 radical (unpaired) electrons. The van der Waals surface area contributed by atoms with E-state index >= 15 is 0 Å². The fraction of sp³-hybridized carbons (Fsp3) is 0.906. The van der Waals surface area contributed by atoms with Crippen LogP contribution >= 0.6 is 0 Å². The normalized spacial score (nSPS) is 24.2. The highest BCUT2D eigenvalue weighted by Crippen LogP contribution is 2.26. The zero-order chi connectivity index (χ0) is 34.4. The van der Waals surface area contributed by atoms with Crippen LogP contribution in [0.2, 0.25) is 0 Å². The largest absolute Gasteiger partial charge is 0.397 e. The molecule has 1 fully saturated rings. The highest BCUT2D eigenvalue weighted by molar-refractivity contribution is 7.80. The van der Waals surface area contributed by atoms with Gasteiger partial charge in [-0.25, -0.2) is 4.18 Å². The average molecular weight is 684 g/mol. The lowest BCUT2D eigenvalue weighted by Gasteiger charge is -2.41. The van der Waals surface area contributed by atoms with E-state index in [4.69, 9.17) is 14.0 Å². The quantitative estimate of drug-likeness (QED) is 0.0378. The number of aliphatic hydroxyl groups excluding tert-OH is 5. The third kappa shape index (κ3) is 18.4. The number of nitrogens with one attached hydrogen (secondary N) is 1. The van der Waals surface area contributed by atoms with Crippen LogP contribution in [0.25, 0.3) is 0 Å². The molecule has 0 aromatic rings. The van der Waals surface area contributed by atoms with Gasteiger partial charge in [-0.2, -0.15) is 8.42 Å². The molecule has 8 unspecified atom stereocenters. The van der Waals surface area contributed by atoms with Gasteiger partial charge in [0.1, 0.15) is 30.5 Å². The third-order valence-electron chi connectivity index (χ3n) is 8.18. The Bertz CT molecular complexity index is 921. The number of rotatable bonds is 27. The van der Waals surface area contributed by atoms with Crippen LogP contribution in [0, 0.1) is 0 Å². The predicted octanol–water partition coefficient (Wildman–Crippen LogP) is 3.06. The first kappa shape index (κ1) is 42.8. The summed E-state index contributed by atoms with van der Waals surface area (Å²) in [5, 5.41) is 54.4. The van der Waals surface area contributed by atoms with Gasteiger partial charge in [0.15, 0.2) is 6.29 Å². The van der Waals surface area contributed by atoms with Crippen LogP contribution in [0.3, 0.4) is 0 Å². The first-order valence-electron chi connectivity index (χ1n) is 17.2. The van der Waals surface area contributed by atoms with E-state index in [9.17, 15) is 38.7 Å². The van der Waals surface area contributed by atoms with Crippen molar-refractivity contribution in [2.45, 2.75) is 172 Å². The Kier molecular flexibility index (Phi) is 23.2. The molecule has 0 aromatic carbocycles. The van der Waals surface area contributed by atoms with Crippen molar-refractivity contribution in [1.82, 2.24) is 5.32 Å². The molecule has 1 heterocycles. The average Bonchev–Trinajstić information content (AvgIpc) is 3.01. The van der Waals surface area contributed by atoms with Crippen LogP contribution in [0.15, 0.2) is 12.2 Å². The van der Waals surface area contributed by atoms with Crippen LogP contribution in [0.5, 0.6) is 0 Å². The Balaban J connectivity index is 2.72. The van der Waals surface area contributed by atoms with E-state index in [1.165, 1.54) is 51.0 Å². The Hall–Kier alpha value is -1.20. The SMILES string of the molecule is CCCCCC/C=C/C(O)C(COC1OC(CO)C(O)C(OS(=O)(=O)O)C1O)NC(=O)C(O)CCCCCCCCCCCCC. The molecule has 1 aliphatic heterocycles. The number of carbonyl (C=O) groups excluding carboxylic acids is 1. The van der Waals surface area contributed by atoms with E-state index in [1.807, 2.05) is 0 Å². The topological polar surface area (TPSA) is 212 Å². The van der Waals surface area contributed by atoms with Crippen LogP contribution in [0.4, 0.5) is 0 Å². The summed E-state index contributed by atoms with van der Waals surface area (Å²) < 4.78 is 46.9. The van der Waals surface area contributed by atoms with Gasteiger partial charge in [0.25, 0.3) is 0 Å². The van der Waals surface area contributed by atoms with Crippen molar-refractivity contribution >= 4 is 16.3 Å². The number of hydrogen-bond donors (Lipinski definition) is 7. The first-order chi connectivity index (χ1) is 21.9. The molecule has 0 spiro atoms. The molecule has 1 rings (SSSR count). The van der Waals surface area contributed by atoms with E-state index in [2.05, 4.69) is 23.3 Å². The van der Waals surface area contributed by atoms with Gasteiger partial charge in [-0.15, -0.1) is 0 Å². The number of ether oxygens (including phenoxy) is 2. The minimum Gasteiger partial charge on any atom is -0.394 e. The fourth-order valence-electron chi connectivity index (χ4n) is 5.34. The zero-order valence-corrected chi connectivity index (χ0v) is 28.6. The second-order valence-electron chi connectivity index (χ2n) is 12.3. The van der Waals surface area contributed by atoms with Crippen molar-refractivity contribution in [2.75, 3.05) is 13.2 Å². The fourth-order valence-corrected chi connectivity index (χ4v) is 5.85. The molecule has 13 nitrogen and oxygen atoms in total. The molecule has 7 N–H and O–H groups in total. The van der Waals surface area contributed by atoms with Crippen molar-refractivity contribution in [3.05, 3.63) is 12.2 Å². The standard InChI is InChI=1S/C32H61NO12S/c1-3-5-7-9-11-12-13-14-15-17-19-21-26(36)31(39)33-24(25(35)20-18-16-10-8-6-4-2)23-43-32-29(38)30(45-46(40,41)42)28(37)27(22-34)44-32/h18,20,24-30,32,34-38H,3-17,19,21-23H2,1-2H3,(H,33,39)(H,40,41,42)/b20-18+. The van der Waals surface area contributed by atoms with Crippen molar-refractivity contribution in [3.63, 3.8) is 0 Å². The lowest BCUT2D eigenvalue weighted by molar-refractivity contribution is -0.298. The highest BCUT2D eigenvalue weighted by Gasteiger charge is 2.48. The van der Waals surface area contributed by atoms with E-state index in [1.54, 1.807) is 6.08 Å². The summed E-state index contributed by atoms with van der Waals surface area (Å²) in [6, 6.07) is -1.11.